The van der Waals surface area contributed by atoms with Gasteiger partial charge in [-0.25, -0.2) is 0 Å². The summed E-state index contributed by atoms with van der Waals surface area (Å²) in [7, 11) is 3.06. The van der Waals surface area contributed by atoms with Crippen molar-refractivity contribution in [2.45, 2.75) is 6.92 Å². The molecule has 0 aliphatic heterocycles. The van der Waals surface area contributed by atoms with Crippen LogP contribution in [0.4, 0.5) is 0 Å². The fraction of sp³-hybridized carbons (Fsp3) is 0.500. The Hall–Kier alpha value is -0.670. The summed E-state index contributed by atoms with van der Waals surface area (Å²) in [4.78, 5) is 3.74. The van der Waals surface area contributed by atoms with Crippen LogP contribution in [0.25, 0.3) is 0 Å². The molecular formula is C6H12N2O. The van der Waals surface area contributed by atoms with Gasteiger partial charge in [-0.05, 0) is 6.92 Å². The summed E-state index contributed by atoms with van der Waals surface area (Å²) in [6.45, 7) is 1.80. The number of rotatable bonds is 2. The Bertz CT molecular complexity index is 122. The van der Waals surface area contributed by atoms with Crippen molar-refractivity contribution in [1.82, 2.24) is 0 Å². The maximum absolute atomic E-state index is 10.8. The first-order chi connectivity index (χ1) is 4.06. The molecule has 0 aromatic rings. The third-order valence-electron chi connectivity index (χ3n) is 0.661. The molecule has 0 radical (unpaired) electrons. The van der Waals surface area contributed by atoms with Crippen molar-refractivity contribution in [2.75, 3.05) is 14.1 Å². The summed E-state index contributed by atoms with van der Waals surface area (Å²) in [5.74, 6) is 0. The smallest absolute Gasteiger partial charge is 0.114 e. The van der Waals surface area contributed by atoms with E-state index in [-0.39, 0.29) is 0 Å². The van der Waals surface area contributed by atoms with Crippen LogP contribution in [0.2, 0.25) is 0 Å². The zero-order valence-electron chi connectivity index (χ0n) is 6.03. The Labute approximate surface area is 55.5 Å². The molecule has 0 fully saturated rings. The predicted octanol–water partition coefficient (Wildman–Crippen LogP) is 1.12. The first kappa shape index (κ1) is 8.33. The molecule has 0 aromatic heterocycles. The van der Waals surface area contributed by atoms with E-state index in [2.05, 4.69) is 4.99 Å². The lowest BCUT2D eigenvalue weighted by Crippen LogP contribution is -2.23. The molecule has 0 atom stereocenters. The summed E-state index contributed by atoms with van der Waals surface area (Å²) in [5, 5.41) is 10.8. The van der Waals surface area contributed by atoms with Gasteiger partial charge in [-0.2, -0.15) is 0 Å². The first-order valence-electron chi connectivity index (χ1n) is 2.76. The van der Waals surface area contributed by atoms with Gasteiger partial charge in [-0.3, -0.25) is 4.99 Å². The minimum absolute atomic E-state index is 0.433. The van der Waals surface area contributed by atoms with Gasteiger partial charge < -0.3 is 9.85 Å². The quantitative estimate of drug-likeness (QED) is 0.312. The van der Waals surface area contributed by atoms with Gasteiger partial charge in [-0.15, -0.1) is 0 Å². The van der Waals surface area contributed by atoms with Gasteiger partial charge in [0.25, 0.3) is 0 Å². The second-order valence-electron chi connectivity index (χ2n) is 2.14. The number of hydrogen-bond acceptors (Lipinski definition) is 2. The van der Waals surface area contributed by atoms with Crippen LogP contribution in [-0.4, -0.2) is 25.0 Å². The highest BCUT2D eigenvalue weighted by Gasteiger charge is 1.89. The Kier molecular flexibility index (Phi) is 3.12. The monoisotopic (exact) mass is 128 g/mol. The Balaban J connectivity index is 3.71. The molecule has 0 N–H and O–H groups in total. The summed E-state index contributed by atoms with van der Waals surface area (Å²) in [5.41, 5.74) is 0. The van der Waals surface area contributed by atoms with Gasteiger partial charge in [0.05, 0.1) is 20.3 Å². The molecule has 0 unspecified atom stereocenters. The minimum Gasteiger partial charge on any atom is -0.628 e. The number of hydrogen-bond donors (Lipinski definition) is 0. The van der Waals surface area contributed by atoms with Gasteiger partial charge in [0, 0.05) is 6.21 Å². The zero-order chi connectivity index (χ0) is 7.33. The fourth-order valence-corrected chi connectivity index (χ4v) is 0.285. The molecule has 0 bridgehead atoms. The van der Waals surface area contributed by atoms with Crippen molar-refractivity contribution in [3.63, 3.8) is 0 Å². The van der Waals surface area contributed by atoms with E-state index >= 15 is 0 Å². The van der Waals surface area contributed by atoms with Crippen LogP contribution in [0.1, 0.15) is 6.92 Å². The third-order valence-corrected chi connectivity index (χ3v) is 0.661. The van der Waals surface area contributed by atoms with Gasteiger partial charge in [-0.1, -0.05) is 0 Å². The Morgan fingerprint density at radius 1 is 1.44 bits per heavy atom. The number of aliphatic imine (C=N–C) groups is 1. The summed E-state index contributed by atoms with van der Waals surface area (Å²) in [6, 6.07) is 0. The highest BCUT2D eigenvalue weighted by Crippen LogP contribution is 1.92. The van der Waals surface area contributed by atoms with E-state index in [4.69, 9.17) is 0 Å². The van der Waals surface area contributed by atoms with Crippen LogP contribution in [-0.2, 0) is 0 Å². The molecule has 3 nitrogen and oxygen atoms in total. The number of hydroxylamine groups is 3. The van der Waals surface area contributed by atoms with Crippen molar-refractivity contribution in [2.24, 2.45) is 4.99 Å². The zero-order valence-corrected chi connectivity index (χ0v) is 6.03. The molecule has 0 saturated carbocycles. The van der Waals surface area contributed by atoms with Crippen molar-refractivity contribution < 1.29 is 4.65 Å². The normalized spacial score (nSPS) is 13.8. The average molecular weight is 128 g/mol. The third kappa shape index (κ3) is 7.33. The van der Waals surface area contributed by atoms with Crippen molar-refractivity contribution in [1.29, 1.82) is 0 Å². The maximum Gasteiger partial charge on any atom is 0.114 e. The lowest BCUT2D eigenvalue weighted by Gasteiger charge is -2.27. The second-order valence-corrected chi connectivity index (χ2v) is 2.14. The van der Waals surface area contributed by atoms with E-state index in [1.54, 1.807) is 13.1 Å². The second kappa shape index (κ2) is 3.37. The van der Waals surface area contributed by atoms with Gasteiger partial charge in [0.1, 0.15) is 6.20 Å². The molecule has 0 heterocycles. The molecular weight excluding hydrogens is 116 g/mol. The first-order valence-corrected chi connectivity index (χ1v) is 2.76. The lowest BCUT2D eigenvalue weighted by molar-refractivity contribution is -0.785. The van der Waals surface area contributed by atoms with E-state index in [1.165, 1.54) is 26.5 Å². The maximum atomic E-state index is 10.8. The van der Waals surface area contributed by atoms with Crippen LogP contribution in [0.5, 0.6) is 0 Å². The summed E-state index contributed by atoms with van der Waals surface area (Å²) >= 11 is 0. The number of nitrogens with zero attached hydrogens (tertiary/aromatic N) is 2. The molecule has 0 spiro atoms. The average Bonchev–Trinajstić information content (AvgIpc) is 1.63. The topological polar surface area (TPSA) is 35.4 Å². The van der Waals surface area contributed by atoms with Gasteiger partial charge >= 0.3 is 0 Å². The van der Waals surface area contributed by atoms with E-state index in [1.807, 2.05) is 0 Å². The van der Waals surface area contributed by atoms with Crippen LogP contribution >= 0.6 is 0 Å². The Morgan fingerprint density at radius 2 is 2.00 bits per heavy atom. The Morgan fingerprint density at radius 3 is 2.33 bits per heavy atom. The predicted molar refractivity (Wildman–Crippen MR) is 38.8 cm³/mol. The van der Waals surface area contributed by atoms with Crippen molar-refractivity contribution in [3.05, 3.63) is 17.6 Å². The lowest BCUT2D eigenvalue weighted by atomic mass is 10.7. The van der Waals surface area contributed by atoms with Crippen LogP contribution in [0.15, 0.2) is 17.4 Å². The summed E-state index contributed by atoms with van der Waals surface area (Å²) < 4.78 is -0.433. The van der Waals surface area contributed by atoms with E-state index in [9.17, 15) is 5.21 Å². The van der Waals surface area contributed by atoms with E-state index < -0.39 is 4.65 Å². The molecule has 0 saturated heterocycles. The SMILES string of the molecule is CC=N/C=C\[N+](C)(C)[O-]. The van der Waals surface area contributed by atoms with Crippen LogP contribution < -0.4 is 0 Å². The molecule has 3 heteroatoms. The molecule has 52 valence electrons. The largest absolute Gasteiger partial charge is 0.628 e. The summed E-state index contributed by atoms with van der Waals surface area (Å²) in [6.07, 6.45) is 4.58. The molecule has 9 heavy (non-hydrogen) atoms. The molecule has 0 rings (SSSR count). The minimum atomic E-state index is -0.433. The fourth-order valence-electron chi connectivity index (χ4n) is 0.285. The van der Waals surface area contributed by atoms with Crippen molar-refractivity contribution >= 4 is 6.21 Å². The molecule has 0 amide bonds. The number of quaternary nitrogens is 1. The standard InChI is InChI=1S/C6H12N2O/c1-4-7-5-6-8(2,3)9/h4-6H,1-3H3/b6-5-,7-4?. The highest BCUT2D eigenvalue weighted by atomic mass is 16.5. The van der Waals surface area contributed by atoms with Crippen molar-refractivity contribution in [3.8, 4) is 0 Å². The van der Waals surface area contributed by atoms with E-state index in [0.717, 1.165) is 0 Å². The van der Waals surface area contributed by atoms with Crippen LogP contribution in [0, 0.1) is 5.21 Å². The van der Waals surface area contributed by atoms with Gasteiger partial charge in [0.15, 0.2) is 0 Å². The van der Waals surface area contributed by atoms with Gasteiger partial charge in [0.2, 0.25) is 0 Å². The van der Waals surface area contributed by atoms with E-state index in [0.29, 0.717) is 0 Å². The molecule has 0 aliphatic rings. The molecule has 0 aromatic carbocycles. The molecule has 0 aliphatic carbocycles. The highest BCUT2D eigenvalue weighted by molar-refractivity contribution is 5.54. The van der Waals surface area contributed by atoms with Crippen LogP contribution in [0.3, 0.4) is 0 Å².